The summed E-state index contributed by atoms with van der Waals surface area (Å²) in [7, 11) is -2.24. The third-order valence-corrected chi connectivity index (χ3v) is 3.46. The Morgan fingerprint density at radius 2 is 2.00 bits per heavy atom. The molecule has 0 aromatic heterocycles. The van der Waals surface area contributed by atoms with Crippen LogP contribution in [-0.4, -0.2) is 18.1 Å². The summed E-state index contributed by atoms with van der Waals surface area (Å²) < 4.78 is 22.1. The SMILES string of the molecule is CCOc1cc([P+](=O)OCC)c([N+](=O)[O-])cc1C. The van der Waals surface area contributed by atoms with Crippen LogP contribution in [0.4, 0.5) is 5.69 Å². The Morgan fingerprint density at radius 3 is 2.50 bits per heavy atom. The topological polar surface area (TPSA) is 78.7 Å². The van der Waals surface area contributed by atoms with E-state index < -0.39 is 13.0 Å². The molecule has 0 N–H and O–H groups in total. The van der Waals surface area contributed by atoms with Crippen molar-refractivity contribution in [3.05, 3.63) is 27.8 Å². The van der Waals surface area contributed by atoms with Crippen molar-refractivity contribution >= 4 is 19.0 Å². The van der Waals surface area contributed by atoms with Gasteiger partial charge in [-0.1, -0.05) is 0 Å². The Kier molecular flexibility index (Phi) is 5.19. The van der Waals surface area contributed by atoms with Gasteiger partial charge in [-0.15, -0.1) is 4.52 Å². The molecule has 98 valence electrons. The number of aryl methyl sites for hydroxylation is 1. The maximum Gasteiger partial charge on any atom is 0.556 e. The smallest absolute Gasteiger partial charge is 0.493 e. The summed E-state index contributed by atoms with van der Waals surface area (Å²) >= 11 is 0. The molecule has 0 spiro atoms. The Hall–Kier alpha value is -1.52. The van der Waals surface area contributed by atoms with Crippen molar-refractivity contribution in [1.29, 1.82) is 0 Å². The third kappa shape index (κ3) is 3.24. The van der Waals surface area contributed by atoms with Crippen LogP contribution in [0.3, 0.4) is 0 Å². The van der Waals surface area contributed by atoms with Crippen LogP contribution in [0, 0.1) is 17.0 Å². The van der Waals surface area contributed by atoms with E-state index in [0.717, 1.165) is 0 Å². The van der Waals surface area contributed by atoms with E-state index >= 15 is 0 Å². The number of ether oxygens (including phenoxy) is 1. The Bertz CT molecular complexity index is 475. The van der Waals surface area contributed by atoms with E-state index in [2.05, 4.69) is 0 Å². The van der Waals surface area contributed by atoms with Crippen molar-refractivity contribution < 1.29 is 18.7 Å². The number of benzene rings is 1. The minimum atomic E-state index is -2.24. The monoisotopic (exact) mass is 272 g/mol. The molecule has 0 heterocycles. The lowest BCUT2D eigenvalue weighted by Crippen LogP contribution is -2.09. The van der Waals surface area contributed by atoms with Crippen molar-refractivity contribution in [1.82, 2.24) is 0 Å². The number of hydrogen-bond donors (Lipinski definition) is 0. The van der Waals surface area contributed by atoms with Gasteiger partial charge in [-0.25, -0.2) is 0 Å². The molecule has 18 heavy (non-hydrogen) atoms. The van der Waals surface area contributed by atoms with Crippen LogP contribution in [0.5, 0.6) is 5.75 Å². The lowest BCUT2D eigenvalue weighted by molar-refractivity contribution is -0.383. The van der Waals surface area contributed by atoms with Crippen LogP contribution in [0.2, 0.25) is 0 Å². The molecular formula is C11H15NO5P+. The van der Waals surface area contributed by atoms with Gasteiger partial charge in [0.1, 0.15) is 12.4 Å². The van der Waals surface area contributed by atoms with Crippen molar-refractivity contribution in [2.75, 3.05) is 13.2 Å². The van der Waals surface area contributed by atoms with Crippen molar-refractivity contribution in [3.63, 3.8) is 0 Å². The maximum absolute atomic E-state index is 11.8. The van der Waals surface area contributed by atoms with Gasteiger partial charge < -0.3 is 4.74 Å². The lowest BCUT2D eigenvalue weighted by atomic mass is 10.2. The van der Waals surface area contributed by atoms with Gasteiger partial charge in [-0.2, -0.15) is 0 Å². The molecule has 1 atom stereocenters. The minimum Gasteiger partial charge on any atom is -0.493 e. The molecule has 0 amide bonds. The molecule has 0 saturated heterocycles. The summed E-state index contributed by atoms with van der Waals surface area (Å²) in [4.78, 5) is 10.4. The average Bonchev–Trinajstić information content (AvgIpc) is 2.31. The normalized spacial score (nSPS) is 11.2. The van der Waals surface area contributed by atoms with Gasteiger partial charge in [-0.3, -0.25) is 10.1 Å². The molecule has 0 aliphatic rings. The Balaban J connectivity index is 3.30. The number of nitro benzene ring substituents is 1. The predicted octanol–water partition coefficient (Wildman–Crippen LogP) is 2.71. The van der Waals surface area contributed by atoms with Gasteiger partial charge in [0.15, 0.2) is 0 Å². The highest BCUT2D eigenvalue weighted by molar-refractivity contribution is 7.48. The zero-order valence-corrected chi connectivity index (χ0v) is 11.4. The standard InChI is InChI=1S/C11H15NO5P/c1-4-16-10-7-11(18(15)17-5-2)9(12(13)14)6-8(10)3/h6-7H,4-5H2,1-3H3/q+1. The number of nitro groups is 1. The summed E-state index contributed by atoms with van der Waals surface area (Å²) in [6.45, 7) is 5.85. The first-order valence-corrected chi connectivity index (χ1v) is 6.71. The highest BCUT2D eigenvalue weighted by Crippen LogP contribution is 2.32. The number of hydrogen-bond acceptors (Lipinski definition) is 5. The fraction of sp³-hybridized carbons (Fsp3) is 0.455. The molecule has 1 unspecified atom stereocenters. The highest BCUT2D eigenvalue weighted by atomic mass is 31.1. The zero-order chi connectivity index (χ0) is 13.7. The van der Waals surface area contributed by atoms with Gasteiger partial charge in [0.25, 0.3) is 0 Å². The third-order valence-electron chi connectivity index (χ3n) is 2.21. The van der Waals surface area contributed by atoms with Crippen LogP contribution >= 0.6 is 8.03 Å². The van der Waals surface area contributed by atoms with Crippen molar-refractivity contribution in [2.45, 2.75) is 20.8 Å². The Morgan fingerprint density at radius 1 is 1.33 bits per heavy atom. The molecule has 6 nitrogen and oxygen atoms in total. The molecule has 0 saturated carbocycles. The van der Waals surface area contributed by atoms with Crippen molar-refractivity contribution in [3.8, 4) is 5.75 Å². The summed E-state index contributed by atoms with van der Waals surface area (Å²) in [5, 5.41) is 11.0. The zero-order valence-electron chi connectivity index (χ0n) is 10.5. The first-order valence-electron chi connectivity index (χ1n) is 5.53. The average molecular weight is 272 g/mol. The van der Waals surface area contributed by atoms with E-state index in [0.29, 0.717) is 17.9 Å². The van der Waals surface area contributed by atoms with Gasteiger partial charge >= 0.3 is 19.0 Å². The molecule has 1 rings (SSSR count). The van der Waals surface area contributed by atoms with Crippen molar-refractivity contribution in [2.24, 2.45) is 0 Å². The molecule has 0 fully saturated rings. The molecule has 0 aliphatic heterocycles. The van der Waals surface area contributed by atoms with Crippen LogP contribution in [0.25, 0.3) is 0 Å². The summed E-state index contributed by atoms with van der Waals surface area (Å²) in [6.07, 6.45) is 0. The first kappa shape index (κ1) is 14.5. The summed E-state index contributed by atoms with van der Waals surface area (Å²) in [6, 6.07) is 2.78. The largest absolute Gasteiger partial charge is 0.556 e. The first-order chi connectivity index (χ1) is 8.51. The van der Waals surface area contributed by atoms with E-state index in [1.54, 1.807) is 13.8 Å². The van der Waals surface area contributed by atoms with E-state index in [1.807, 2.05) is 6.92 Å². The molecule has 0 aliphatic carbocycles. The minimum absolute atomic E-state index is 0.0610. The summed E-state index contributed by atoms with van der Waals surface area (Å²) in [5.41, 5.74) is 0.428. The second kappa shape index (κ2) is 6.42. The van der Waals surface area contributed by atoms with E-state index in [-0.39, 0.29) is 17.6 Å². The van der Waals surface area contributed by atoms with Gasteiger partial charge in [0.05, 0.1) is 11.5 Å². The quantitative estimate of drug-likeness (QED) is 0.452. The van der Waals surface area contributed by atoms with Gasteiger partial charge in [0.2, 0.25) is 0 Å². The Labute approximate surface area is 106 Å². The fourth-order valence-electron chi connectivity index (χ4n) is 1.45. The van der Waals surface area contributed by atoms with Crippen LogP contribution in [0.15, 0.2) is 12.1 Å². The number of rotatable bonds is 6. The molecule has 0 radical (unpaired) electrons. The molecule has 0 bridgehead atoms. The van der Waals surface area contributed by atoms with Crippen LogP contribution < -0.4 is 10.0 Å². The van der Waals surface area contributed by atoms with Gasteiger partial charge in [-0.05, 0) is 30.9 Å². The van der Waals surface area contributed by atoms with E-state index in [9.17, 15) is 14.7 Å². The molecule has 1 aromatic carbocycles. The maximum atomic E-state index is 11.8. The molecule has 1 aromatic rings. The van der Waals surface area contributed by atoms with E-state index in [1.165, 1.54) is 12.1 Å². The van der Waals surface area contributed by atoms with Gasteiger partial charge in [0, 0.05) is 12.1 Å². The highest BCUT2D eigenvalue weighted by Gasteiger charge is 2.34. The lowest BCUT2D eigenvalue weighted by Gasteiger charge is -2.05. The second-order valence-corrected chi connectivity index (χ2v) is 4.73. The number of nitrogens with zero attached hydrogens (tertiary/aromatic N) is 1. The van der Waals surface area contributed by atoms with E-state index in [4.69, 9.17) is 9.26 Å². The second-order valence-electron chi connectivity index (χ2n) is 3.47. The molecule has 7 heteroatoms. The summed E-state index contributed by atoms with van der Waals surface area (Å²) in [5.74, 6) is 0.487. The fourth-order valence-corrected chi connectivity index (χ4v) is 2.38. The van der Waals surface area contributed by atoms with Crippen LogP contribution in [-0.2, 0) is 9.09 Å². The van der Waals surface area contributed by atoms with Crippen LogP contribution in [0.1, 0.15) is 19.4 Å². The predicted molar refractivity (Wildman–Crippen MR) is 67.9 cm³/mol. The molecular weight excluding hydrogens is 257 g/mol.